The predicted octanol–water partition coefficient (Wildman–Crippen LogP) is 20.1. The fourth-order valence-corrected chi connectivity index (χ4v) is 13.8. The van der Waals surface area contributed by atoms with Gasteiger partial charge in [0.2, 0.25) is 0 Å². The van der Waals surface area contributed by atoms with Crippen LogP contribution in [0.25, 0.3) is 88.2 Å². The molecule has 85 heavy (non-hydrogen) atoms. The van der Waals surface area contributed by atoms with Crippen LogP contribution in [0.1, 0.15) is 190 Å². The number of ether oxygens (including phenoxy) is 4. The van der Waals surface area contributed by atoms with Gasteiger partial charge in [-0.3, -0.25) is 0 Å². The molecule has 0 saturated carbocycles. The van der Waals surface area contributed by atoms with E-state index in [4.69, 9.17) is 38.9 Å². The summed E-state index contributed by atoms with van der Waals surface area (Å²) < 4.78 is 26.5. The van der Waals surface area contributed by atoms with E-state index < -0.39 is 0 Å². The Morgan fingerprint density at radius 2 is 0.553 bits per heavy atom. The smallest absolute Gasteiger partial charge is 0.657 e. The Balaban J connectivity index is 0.000000188. The van der Waals surface area contributed by atoms with Crippen LogP contribution < -0.4 is 28.9 Å². The molecular weight excluding hydrogens is 1230 g/mol. The third kappa shape index (κ3) is 12.4. The minimum absolute atomic E-state index is 0. The van der Waals surface area contributed by atoms with Crippen molar-refractivity contribution in [1.29, 1.82) is 0 Å². The Labute approximate surface area is 519 Å². The number of benzene rings is 5. The van der Waals surface area contributed by atoms with Crippen molar-refractivity contribution in [2.45, 2.75) is 171 Å². The molecule has 0 spiro atoms. The Hall–Kier alpha value is -6.89. The molecule has 4 aliphatic rings. The van der Waals surface area contributed by atoms with Gasteiger partial charge in [0.05, 0.1) is 60.3 Å². The van der Waals surface area contributed by atoms with Crippen molar-refractivity contribution in [3.8, 4) is 45.3 Å². The molecular formula is C76H86N4O4Pt. The van der Waals surface area contributed by atoms with Gasteiger partial charge >= 0.3 is 21.1 Å². The topological polar surface area (TPSA) is 90.9 Å². The first-order valence-corrected chi connectivity index (χ1v) is 32.2. The van der Waals surface area contributed by atoms with Gasteiger partial charge in [0.1, 0.15) is 23.0 Å². The van der Waals surface area contributed by atoms with Gasteiger partial charge < -0.3 is 28.9 Å². The third-order valence-electron chi connectivity index (χ3n) is 17.8. The van der Waals surface area contributed by atoms with Gasteiger partial charge in [0.15, 0.2) is 0 Å². The number of aromatic nitrogens is 4. The second-order valence-corrected chi connectivity index (χ2v) is 22.8. The van der Waals surface area contributed by atoms with Crippen LogP contribution >= 0.6 is 0 Å². The summed E-state index contributed by atoms with van der Waals surface area (Å²) in [4.78, 5) is 21.0. The summed E-state index contributed by atoms with van der Waals surface area (Å²) >= 11 is 0. The summed E-state index contributed by atoms with van der Waals surface area (Å²) in [5.74, 6) is 3.56. The molecule has 7 heterocycles. The number of allylic oxidation sites excluding steroid dienone is 4. The van der Waals surface area contributed by atoms with Gasteiger partial charge in [-0.25, -0.2) is 9.97 Å². The van der Waals surface area contributed by atoms with Crippen LogP contribution in [0.3, 0.4) is 0 Å². The van der Waals surface area contributed by atoms with E-state index in [1.54, 1.807) is 0 Å². The van der Waals surface area contributed by atoms with Crippen LogP contribution in [-0.2, 0) is 46.7 Å². The molecule has 12 bridgehead atoms. The molecule has 0 aliphatic carbocycles. The Kier molecular flexibility index (Phi) is 20.5. The molecule has 0 unspecified atom stereocenters. The van der Waals surface area contributed by atoms with E-state index in [0.717, 1.165) is 214 Å². The van der Waals surface area contributed by atoms with E-state index in [2.05, 4.69) is 165 Å². The number of rotatable bonds is 8. The summed E-state index contributed by atoms with van der Waals surface area (Å²) in [5.41, 5.74) is 23.5. The zero-order chi connectivity index (χ0) is 58.1. The normalized spacial score (nSPS) is 15.0. The fraction of sp³-hybridized carbons (Fsp3) is 0.395. The zero-order valence-electron chi connectivity index (χ0n) is 51.7. The van der Waals surface area contributed by atoms with Gasteiger partial charge in [-0.2, -0.15) is 0 Å². The molecule has 444 valence electrons. The van der Waals surface area contributed by atoms with Gasteiger partial charge in [0, 0.05) is 11.1 Å². The quantitative estimate of drug-likeness (QED) is 0.139. The molecule has 0 atom stereocenters. The van der Waals surface area contributed by atoms with E-state index in [1.165, 1.54) is 57.4 Å². The number of aryl methyl sites for hydroxylation is 4. The molecule has 8 nitrogen and oxygen atoms in total. The van der Waals surface area contributed by atoms with Crippen LogP contribution in [0, 0.1) is 0 Å². The predicted molar refractivity (Wildman–Crippen MR) is 352 cm³/mol. The van der Waals surface area contributed by atoms with Crippen LogP contribution in [-0.4, -0.2) is 36.4 Å². The second kappa shape index (κ2) is 28.5. The third-order valence-corrected chi connectivity index (χ3v) is 17.8. The molecule has 0 N–H and O–H groups in total. The van der Waals surface area contributed by atoms with Crippen LogP contribution in [0.5, 0.6) is 23.0 Å². The Morgan fingerprint density at radius 1 is 0.306 bits per heavy atom. The molecule has 4 aliphatic heterocycles. The van der Waals surface area contributed by atoms with Gasteiger partial charge in [-0.05, 0) is 145 Å². The standard InChI is InChI=1S/C40H42O4.C36H44N4.Pt/c1-3-11-25-41-33-21-15-23-35-39(33)37-29-17-7-9-19-31(29)38(32-20-10-8-18-30(32)37)40-34(42-26-12-4-1)22-16-24-36(40)44-28-14-6-2-5-13-27-43-35;1-9-21-22(10-2)30-18-32-25(13-5)26(14-6)34(39-32)20-36-28(16-8)27(15-7)35(40-36)19-33-24(12-4)23(11-3)31(38-33)17-29(21)37-30;/h7-10,15-24H,1-6,11-14,25-28H2;17-20H,9-16H2,1-8H3;/q;-2;+2. The number of fused-ring (bicyclic) bond motifs is 9. The summed E-state index contributed by atoms with van der Waals surface area (Å²) in [6, 6.07) is 39.1. The van der Waals surface area contributed by atoms with Gasteiger partial charge in [-0.15, -0.1) is 22.1 Å². The SMILES string of the molecule is CCC1=C(CC)c2cc3[n-]c(cc4nc(cc5[n-]c(cc1n2)c(CC)c5CC)C(CC)=C4CC)c(CC)c3CC.[Pt+2].c1cc2c3c(c1)OCCCCCCCOc1cccc(c1-c1c4ccccc4c-3c3ccccc13)OCCCCCCCO2. The molecule has 0 fully saturated rings. The van der Waals surface area contributed by atoms with E-state index >= 15 is 0 Å². The van der Waals surface area contributed by atoms with Crippen molar-refractivity contribution in [3.63, 3.8) is 0 Å². The van der Waals surface area contributed by atoms with Crippen molar-refractivity contribution in [1.82, 2.24) is 19.9 Å². The summed E-state index contributed by atoms with van der Waals surface area (Å²) in [6.07, 6.45) is 18.6. The van der Waals surface area contributed by atoms with Crippen molar-refractivity contribution in [2.75, 3.05) is 26.4 Å². The summed E-state index contributed by atoms with van der Waals surface area (Å²) in [6.45, 7) is 20.7. The van der Waals surface area contributed by atoms with Gasteiger partial charge in [0.25, 0.3) is 0 Å². The number of hydrogen-bond acceptors (Lipinski definition) is 6. The Bertz CT molecular complexity index is 3460. The van der Waals surface area contributed by atoms with Crippen LogP contribution in [0.2, 0.25) is 0 Å². The maximum Gasteiger partial charge on any atom is 2.00 e. The summed E-state index contributed by atoms with van der Waals surface area (Å²) in [7, 11) is 0. The molecule has 0 amide bonds. The van der Waals surface area contributed by atoms with Crippen molar-refractivity contribution in [2.24, 2.45) is 0 Å². The largest absolute Gasteiger partial charge is 2.00 e. The fourth-order valence-electron chi connectivity index (χ4n) is 13.8. The van der Waals surface area contributed by atoms with E-state index in [0.29, 0.717) is 26.4 Å². The van der Waals surface area contributed by atoms with Crippen molar-refractivity contribution in [3.05, 3.63) is 154 Å². The average Bonchev–Trinajstić information content (AvgIpc) is 1.76. The first-order valence-electron chi connectivity index (χ1n) is 32.2. The molecule has 8 aromatic rings. The molecule has 9 heteroatoms. The first-order chi connectivity index (χ1) is 41.4. The maximum absolute atomic E-state index is 6.63. The Morgan fingerprint density at radius 3 is 0.788 bits per heavy atom. The first kappa shape index (κ1) is 61.2. The molecule has 12 rings (SSSR count). The summed E-state index contributed by atoms with van der Waals surface area (Å²) in [5, 5.41) is 4.65. The molecule has 5 aromatic carbocycles. The van der Waals surface area contributed by atoms with Crippen LogP contribution in [0.4, 0.5) is 0 Å². The number of nitrogens with zero attached hydrogens (tertiary/aromatic N) is 4. The monoisotopic (exact) mass is 1310 g/mol. The minimum Gasteiger partial charge on any atom is -0.657 e. The molecule has 3 aromatic heterocycles. The molecule has 0 saturated heterocycles. The van der Waals surface area contributed by atoms with Crippen molar-refractivity contribution < 1.29 is 40.0 Å². The second-order valence-electron chi connectivity index (χ2n) is 22.8. The van der Waals surface area contributed by atoms with Crippen molar-refractivity contribution >= 4 is 65.9 Å². The average molecular weight is 1310 g/mol. The minimum atomic E-state index is 0. The molecule has 0 radical (unpaired) electrons. The van der Waals surface area contributed by atoms with Crippen LogP contribution in [0.15, 0.2) is 109 Å². The van der Waals surface area contributed by atoms with E-state index in [9.17, 15) is 0 Å². The zero-order valence-corrected chi connectivity index (χ0v) is 54.0. The van der Waals surface area contributed by atoms with E-state index in [1.807, 2.05) is 0 Å². The number of hydrogen-bond donors (Lipinski definition) is 0. The van der Waals surface area contributed by atoms with E-state index in [-0.39, 0.29) is 21.1 Å². The van der Waals surface area contributed by atoms with Gasteiger partial charge in [-0.1, -0.05) is 201 Å². The maximum atomic E-state index is 6.63.